The van der Waals surface area contributed by atoms with Gasteiger partial charge in [0.25, 0.3) is 5.91 Å². The van der Waals surface area contributed by atoms with Crippen LogP contribution in [0, 0.1) is 0 Å². The molecule has 1 atom stereocenters. The van der Waals surface area contributed by atoms with E-state index < -0.39 is 17.6 Å². The van der Waals surface area contributed by atoms with Crippen molar-refractivity contribution >= 4 is 23.4 Å². The average Bonchev–Trinajstić information content (AvgIpc) is 3.25. The highest BCUT2D eigenvalue weighted by Gasteiger charge is 2.24. The van der Waals surface area contributed by atoms with Crippen LogP contribution in [0.25, 0.3) is 11.3 Å². The topological polar surface area (TPSA) is 119 Å². The third-order valence-electron chi connectivity index (χ3n) is 5.74. The highest BCUT2D eigenvalue weighted by atomic mass is 35.5. The molecule has 8 nitrogen and oxygen atoms in total. The third kappa shape index (κ3) is 7.57. The fraction of sp³-hybridized carbons (Fsp3) is 0.393. The molecule has 2 amide bonds. The van der Waals surface area contributed by atoms with Crippen molar-refractivity contribution in [2.75, 3.05) is 0 Å². The zero-order chi connectivity index (χ0) is 27.3. The summed E-state index contributed by atoms with van der Waals surface area (Å²) in [6, 6.07) is 12.1. The summed E-state index contributed by atoms with van der Waals surface area (Å²) in [5.41, 5.74) is 7.34. The zero-order valence-corrected chi connectivity index (χ0v) is 22.7. The molecule has 0 spiro atoms. The maximum absolute atomic E-state index is 12.9. The van der Waals surface area contributed by atoms with E-state index in [9.17, 15) is 14.7 Å². The molecule has 0 aliphatic carbocycles. The summed E-state index contributed by atoms with van der Waals surface area (Å²) in [4.78, 5) is 29.2. The van der Waals surface area contributed by atoms with Crippen molar-refractivity contribution in [3.05, 3.63) is 70.6 Å². The van der Waals surface area contributed by atoms with Crippen LogP contribution in [-0.2, 0) is 23.4 Å². The highest BCUT2D eigenvalue weighted by Crippen LogP contribution is 2.27. The number of carbonyl (C=O) groups excluding carboxylic acids is 2. The van der Waals surface area contributed by atoms with E-state index in [4.69, 9.17) is 22.1 Å². The standard InChI is InChI=1S/C28H35ClN4O4/c1-6-33-16-23(32-27(33)28(4,5)36)19-9-7-18(8-10-19)13-21(15-25(30)34)31-26(35)20-11-12-24(22(29)14-20)37-17(2)3/h7-12,14,16-17,21,36H,6,13,15H2,1-5H3,(H2,30,34)(H,31,35). The minimum Gasteiger partial charge on any atom is -0.489 e. The van der Waals surface area contributed by atoms with E-state index in [2.05, 4.69) is 10.3 Å². The Balaban J connectivity index is 1.74. The Bertz CT molecular complexity index is 1250. The smallest absolute Gasteiger partial charge is 0.251 e. The van der Waals surface area contributed by atoms with E-state index in [1.54, 1.807) is 32.0 Å². The zero-order valence-electron chi connectivity index (χ0n) is 21.9. The first-order valence-corrected chi connectivity index (χ1v) is 12.7. The van der Waals surface area contributed by atoms with Gasteiger partial charge in [0.05, 0.1) is 16.8 Å². The number of aliphatic hydroxyl groups is 1. The van der Waals surface area contributed by atoms with Gasteiger partial charge in [-0.25, -0.2) is 4.98 Å². The van der Waals surface area contributed by atoms with E-state index in [1.807, 2.05) is 55.8 Å². The van der Waals surface area contributed by atoms with Crippen molar-refractivity contribution in [2.45, 2.75) is 71.8 Å². The van der Waals surface area contributed by atoms with Gasteiger partial charge in [-0.05, 0) is 64.8 Å². The van der Waals surface area contributed by atoms with Crippen LogP contribution in [0.2, 0.25) is 5.02 Å². The number of amides is 2. The minimum absolute atomic E-state index is 0.00832. The van der Waals surface area contributed by atoms with Crippen molar-refractivity contribution in [3.8, 4) is 17.0 Å². The second-order valence-corrected chi connectivity index (χ2v) is 10.3. The fourth-order valence-electron chi connectivity index (χ4n) is 4.06. The van der Waals surface area contributed by atoms with Crippen LogP contribution in [-0.4, -0.2) is 38.6 Å². The van der Waals surface area contributed by atoms with Crippen LogP contribution in [0.5, 0.6) is 5.75 Å². The summed E-state index contributed by atoms with van der Waals surface area (Å²) >= 11 is 6.28. The second-order valence-electron chi connectivity index (χ2n) is 9.85. The Labute approximate surface area is 222 Å². The molecule has 0 fully saturated rings. The van der Waals surface area contributed by atoms with Gasteiger partial charge in [-0.1, -0.05) is 35.9 Å². The Morgan fingerprint density at radius 2 is 1.86 bits per heavy atom. The Hall–Kier alpha value is -3.36. The molecule has 37 heavy (non-hydrogen) atoms. The van der Waals surface area contributed by atoms with Gasteiger partial charge in [0, 0.05) is 36.3 Å². The van der Waals surface area contributed by atoms with Gasteiger partial charge in [-0.3, -0.25) is 9.59 Å². The molecule has 0 saturated heterocycles. The largest absolute Gasteiger partial charge is 0.489 e. The molecule has 1 unspecified atom stereocenters. The van der Waals surface area contributed by atoms with Crippen LogP contribution in [0.4, 0.5) is 0 Å². The number of carbonyl (C=O) groups is 2. The maximum Gasteiger partial charge on any atom is 0.251 e. The molecular formula is C28H35ClN4O4. The summed E-state index contributed by atoms with van der Waals surface area (Å²) in [7, 11) is 0. The van der Waals surface area contributed by atoms with E-state index in [-0.39, 0.29) is 18.4 Å². The lowest BCUT2D eigenvalue weighted by Crippen LogP contribution is -2.39. The number of imidazole rings is 1. The maximum atomic E-state index is 12.9. The Morgan fingerprint density at radius 3 is 2.38 bits per heavy atom. The van der Waals surface area contributed by atoms with Gasteiger partial charge in [0.2, 0.25) is 5.91 Å². The number of rotatable bonds is 11. The van der Waals surface area contributed by atoms with Crippen molar-refractivity contribution < 1.29 is 19.4 Å². The highest BCUT2D eigenvalue weighted by molar-refractivity contribution is 6.32. The van der Waals surface area contributed by atoms with Crippen LogP contribution in [0.3, 0.4) is 0 Å². The molecule has 0 radical (unpaired) electrons. The number of nitrogens with zero attached hydrogens (tertiary/aromatic N) is 2. The molecule has 0 saturated carbocycles. The first kappa shape index (κ1) is 28.2. The van der Waals surface area contributed by atoms with Crippen molar-refractivity contribution in [2.24, 2.45) is 5.73 Å². The molecule has 1 heterocycles. The summed E-state index contributed by atoms with van der Waals surface area (Å²) in [5, 5.41) is 13.7. The molecule has 3 aromatic rings. The molecule has 4 N–H and O–H groups in total. The van der Waals surface area contributed by atoms with E-state index in [0.717, 1.165) is 16.8 Å². The monoisotopic (exact) mass is 526 g/mol. The predicted molar refractivity (Wildman–Crippen MR) is 145 cm³/mol. The number of hydrogen-bond donors (Lipinski definition) is 3. The Morgan fingerprint density at radius 1 is 1.19 bits per heavy atom. The van der Waals surface area contributed by atoms with E-state index in [1.165, 1.54) is 0 Å². The van der Waals surface area contributed by atoms with Gasteiger partial charge in [0.15, 0.2) is 0 Å². The summed E-state index contributed by atoms with van der Waals surface area (Å²) in [5.74, 6) is 0.234. The lowest BCUT2D eigenvalue weighted by atomic mass is 10.0. The fourth-order valence-corrected chi connectivity index (χ4v) is 4.28. The van der Waals surface area contributed by atoms with E-state index >= 15 is 0 Å². The average molecular weight is 527 g/mol. The molecular weight excluding hydrogens is 492 g/mol. The lowest BCUT2D eigenvalue weighted by Gasteiger charge is -2.18. The number of aryl methyl sites for hydroxylation is 1. The Kier molecular flexibility index (Phi) is 8.99. The van der Waals surface area contributed by atoms with Crippen LogP contribution < -0.4 is 15.8 Å². The summed E-state index contributed by atoms with van der Waals surface area (Å²) in [6.07, 6.45) is 2.27. The molecule has 0 bridgehead atoms. The van der Waals surface area contributed by atoms with Crippen LogP contribution >= 0.6 is 11.6 Å². The quantitative estimate of drug-likeness (QED) is 0.341. The number of halogens is 1. The van der Waals surface area contributed by atoms with Gasteiger partial charge in [-0.15, -0.1) is 0 Å². The molecule has 1 aromatic heterocycles. The number of aromatic nitrogens is 2. The van der Waals surface area contributed by atoms with E-state index in [0.29, 0.717) is 35.1 Å². The number of ether oxygens (including phenoxy) is 1. The third-order valence-corrected chi connectivity index (χ3v) is 6.03. The predicted octanol–water partition coefficient (Wildman–Crippen LogP) is 4.45. The molecule has 2 aromatic carbocycles. The van der Waals surface area contributed by atoms with Crippen molar-refractivity contribution in [1.82, 2.24) is 14.9 Å². The van der Waals surface area contributed by atoms with Crippen molar-refractivity contribution in [1.29, 1.82) is 0 Å². The summed E-state index contributed by atoms with van der Waals surface area (Å²) in [6.45, 7) is 9.90. The number of nitrogens with two attached hydrogens (primary N) is 1. The van der Waals surface area contributed by atoms with Gasteiger partial charge in [0.1, 0.15) is 17.2 Å². The summed E-state index contributed by atoms with van der Waals surface area (Å²) < 4.78 is 7.55. The number of hydrogen-bond acceptors (Lipinski definition) is 5. The first-order valence-electron chi connectivity index (χ1n) is 12.3. The number of nitrogens with one attached hydrogen (secondary N) is 1. The van der Waals surface area contributed by atoms with Gasteiger partial charge < -0.3 is 25.5 Å². The first-order chi connectivity index (χ1) is 17.4. The molecule has 198 valence electrons. The molecule has 0 aliphatic rings. The molecule has 3 rings (SSSR count). The number of benzene rings is 2. The van der Waals surface area contributed by atoms with Gasteiger partial charge in [-0.2, -0.15) is 0 Å². The van der Waals surface area contributed by atoms with Crippen LogP contribution in [0.1, 0.15) is 62.8 Å². The van der Waals surface area contributed by atoms with Gasteiger partial charge >= 0.3 is 0 Å². The normalized spacial score (nSPS) is 12.4. The second kappa shape index (κ2) is 11.8. The SMILES string of the molecule is CCn1cc(-c2ccc(CC(CC(N)=O)NC(=O)c3ccc(OC(C)C)c(Cl)c3)cc2)nc1C(C)(C)O. The van der Waals surface area contributed by atoms with Crippen LogP contribution in [0.15, 0.2) is 48.7 Å². The lowest BCUT2D eigenvalue weighted by molar-refractivity contribution is -0.118. The van der Waals surface area contributed by atoms with Crippen molar-refractivity contribution in [3.63, 3.8) is 0 Å². The molecule has 9 heteroatoms. The molecule has 0 aliphatic heterocycles. The minimum atomic E-state index is -1.06. The number of primary amides is 1.